The van der Waals surface area contributed by atoms with Crippen LogP contribution in [0.4, 0.5) is 0 Å². The number of carbonyl (C=O) groups excluding carboxylic acids is 1. The molecule has 6 heteroatoms. The average Bonchev–Trinajstić information content (AvgIpc) is 3.27. The molecule has 150 valence electrons. The topological polar surface area (TPSA) is 63.9 Å². The summed E-state index contributed by atoms with van der Waals surface area (Å²) in [5, 5.41) is 3.01. The van der Waals surface area contributed by atoms with E-state index in [1.807, 2.05) is 30.3 Å². The predicted molar refractivity (Wildman–Crippen MR) is 108 cm³/mol. The van der Waals surface area contributed by atoms with Gasteiger partial charge >= 0.3 is 0 Å². The Kier molecular flexibility index (Phi) is 7.14. The van der Waals surface area contributed by atoms with E-state index >= 15 is 0 Å². The van der Waals surface area contributed by atoms with Gasteiger partial charge in [0.25, 0.3) is 0 Å². The van der Waals surface area contributed by atoms with Gasteiger partial charge in [-0.05, 0) is 62.3 Å². The van der Waals surface area contributed by atoms with Gasteiger partial charge in [-0.3, -0.25) is 9.69 Å². The quantitative estimate of drug-likeness (QED) is 0.704. The summed E-state index contributed by atoms with van der Waals surface area (Å²) >= 11 is 0. The van der Waals surface area contributed by atoms with Gasteiger partial charge in [0.1, 0.15) is 17.3 Å². The first-order chi connectivity index (χ1) is 13.7. The van der Waals surface area contributed by atoms with Crippen LogP contribution >= 0.6 is 0 Å². The van der Waals surface area contributed by atoms with Crippen LogP contribution in [-0.2, 0) is 4.79 Å². The maximum Gasteiger partial charge on any atom is 0.244 e. The molecular weight excluding hydrogens is 356 g/mol. The van der Waals surface area contributed by atoms with Gasteiger partial charge in [0.2, 0.25) is 5.91 Å². The fourth-order valence-electron chi connectivity index (χ4n) is 3.51. The van der Waals surface area contributed by atoms with E-state index in [0.29, 0.717) is 18.0 Å². The second kappa shape index (κ2) is 9.99. The molecule has 1 saturated heterocycles. The van der Waals surface area contributed by atoms with Gasteiger partial charge in [0, 0.05) is 18.2 Å². The smallest absolute Gasteiger partial charge is 0.244 e. The van der Waals surface area contributed by atoms with E-state index < -0.39 is 0 Å². The number of likely N-dealkylation sites (tertiary alicyclic amines) is 1. The number of nitrogens with one attached hydrogen (secondary N) is 1. The molecule has 1 unspecified atom stereocenters. The third-order valence-electron chi connectivity index (χ3n) is 5.02. The minimum atomic E-state index is -0.154. The predicted octanol–water partition coefficient (Wildman–Crippen LogP) is 3.65. The van der Waals surface area contributed by atoms with Crippen molar-refractivity contribution in [3.05, 3.63) is 54.0 Å². The Bertz CT molecular complexity index is 780. The Hall–Kier alpha value is -2.73. The monoisotopic (exact) mass is 384 g/mol. The van der Waals surface area contributed by atoms with Crippen LogP contribution in [0.25, 0.3) is 6.08 Å². The summed E-state index contributed by atoms with van der Waals surface area (Å²) in [6.45, 7) is 2.56. The van der Waals surface area contributed by atoms with Crippen molar-refractivity contribution >= 4 is 12.0 Å². The zero-order valence-electron chi connectivity index (χ0n) is 16.5. The number of rotatable bonds is 8. The highest BCUT2D eigenvalue weighted by Gasteiger charge is 2.24. The number of hydrogen-bond acceptors (Lipinski definition) is 5. The van der Waals surface area contributed by atoms with Gasteiger partial charge in [-0.2, -0.15) is 0 Å². The first-order valence-corrected chi connectivity index (χ1v) is 9.66. The third-order valence-corrected chi connectivity index (χ3v) is 5.02. The number of carbonyl (C=O) groups is 1. The standard InChI is InChI=1S/C22H28N2O4/c1-26-18-9-10-20(27-2)17(15-18)8-11-22(25)23-16-19(21-7-6-14-28-21)24-12-4-3-5-13-24/h6-11,14-15,19H,3-5,12-13,16H2,1-2H3,(H,23,25)/b11-8+. The van der Waals surface area contributed by atoms with E-state index in [1.165, 1.54) is 25.3 Å². The van der Waals surface area contributed by atoms with Crippen LogP contribution in [0.2, 0.25) is 0 Å². The lowest BCUT2D eigenvalue weighted by atomic mass is 10.1. The molecule has 0 spiro atoms. The molecule has 1 aromatic carbocycles. The summed E-state index contributed by atoms with van der Waals surface area (Å²) in [4.78, 5) is 14.8. The normalized spacial score (nSPS) is 16.1. The average molecular weight is 384 g/mol. The second-order valence-electron chi connectivity index (χ2n) is 6.81. The van der Waals surface area contributed by atoms with Gasteiger partial charge in [0.05, 0.1) is 26.5 Å². The number of amides is 1. The van der Waals surface area contributed by atoms with Crippen molar-refractivity contribution in [2.24, 2.45) is 0 Å². The molecule has 0 aliphatic carbocycles. The zero-order chi connectivity index (χ0) is 19.8. The largest absolute Gasteiger partial charge is 0.497 e. The van der Waals surface area contributed by atoms with E-state index in [4.69, 9.17) is 13.9 Å². The Morgan fingerprint density at radius 2 is 2.04 bits per heavy atom. The summed E-state index contributed by atoms with van der Waals surface area (Å²) in [5.41, 5.74) is 0.788. The summed E-state index contributed by atoms with van der Waals surface area (Å²) in [6.07, 6.45) is 8.56. The number of ether oxygens (including phenoxy) is 2. The van der Waals surface area contributed by atoms with Crippen molar-refractivity contribution in [2.45, 2.75) is 25.3 Å². The molecule has 28 heavy (non-hydrogen) atoms. The number of benzene rings is 1. The highest BCUT2D eigenvalue weighted by atomic mass is 16.5. The van der Waals surface area contributed by atoms with Crippen LogP contribution in [-0.4, -0.2) is 44.7 Å². The molecule has 1 fully saturated rings. The number of furan rings is 1. The molecule has 1 aliphatic rings. The lowest BCUT2D eigenvalue weighted by Crippen LogP contribution is -2.40. The van der Waals surface area contributed by atoms with Crippen molar-refractivity contribution in [2.75, 3.05) is 33.9 Å². The zero-order valence-corrected chi connectivity index (χ0v) is 16.5. The van der Waals surface area contributed by atoms with Gasteiger partial charge in [0.15, 0.2) is 0 Å². The van der Waals surface area contributed by atoms with Gasteiger partial charge in [-0.15, -0.1) is 0 Å². The summed E-state index contributed by atoms with van der Waals surface area (Å²) in [5.74, 6) is 2.13. The summed E-state index contributed by atoms with van der Waals surface area (Å²) in [6, 6.07) is 9.40. The first-order valence-electron chi connectivity index (χ1n) is 9.66. The Morgan fingerprint density at radius 3 is 2.71 bits per heavy atom. The number of methoxy groups -OCH3 is 2. The molecule has 6 nitrogen and oxygen atoms in total. The maximum absolute atomic E-state index is 12.4. The molecule has 2 aromatic rings. The van der Waals surface area contributed by atoms with E-state index in [1.54, 1.807) is 26.6 Å². The van der Waals surface area contributed by atoms with Crippen molar-refractivity contribution in [1.29, 1.82) is 0 Å². The Balaban J connectivity index is 1.64. The van der Waals surface area contributed by atoms with Crippen LogP contribution in [0.3, 0.4) is 0 Å². The number of nitrogens with zero attached hydrogens (tertiary/aromatic N) is 1. The maximum atomic E-state index is 12.4. The molecule has 1 N–H and O–H groups in total. The molecule has 3 rings (SSSR count). The molecule has 0 saturated carbocycles. The Morgan fingerprint density at radius 1 is 1.21 bits per heavy atom. The van der Waals surface area contributed by atoms with Crippen molar-refractivity contribution in [3.63, 3.8) is 0 Å². The van der Waals surface area contributed by atoms with Crippen molar-refractivity contribution in [1.82, 2.24) is 10.2 Å². The highest BCUT2D eigenvalue weighted by molar-refractivity contribution is 5.92. The minimum Gasteiger partial charge on any atom is -0.497 e. The molecule has 1 atom stereocenters. The molecule has 1 aliphatic heterocycles. The summed E-state index contributed by atoms with van der Waals surface area (Å²) in [7, 11) is 3.21. The van der Waals surface area contributed by atoms with E-state index in [9.17, 15) is 4.79 Å². The summed E-state index contributed by atoms with van der Waals surface area (Å²) < 4.78 is 16.2. The molecule has 1 amide bonds. The minimum absolute atomic E-state index is 0.0546. The second-order valence-corrected chi connectivity index (χ2v) is 6.81. The van der Waals surface area contributed by atoms with E-state index in [2.05, 4.69) is 10.2 Å². The first kappa shape index (κ1) is 20.0. The van der Waals surface area contributed by atoms with E-state index in [-0.39, 0.29) is 11.9 Å². The van der Waals surface area contributed by atoms with E-state index in [0.717, 1.165) is 24.4 Å². The third kappa shape index (κ3) is 5.16. The van der Waals surface area contributed by atoms with Crippen LogP contribution in [0.5, 0.6) is 11.5 Å². The molecule has 0 bridgehead atoms. The van der Waals surface area contributed by atoms with Crippen LogP contribution in [0.1, 0.15) is 36.6 Å². The number of hydrogen-bond donors (Lipinski definition) is 1. The molecular formula is C22H28N2O4. The fourth-order valence-corrected chi connectivity index (χ4v) is 3.51. The van der Waals surface area contributed by atoms with Gasteiger partial charge in [-0.1, -0.05) is 6.42 Å². The SMILES string of the molecule is COc1ccc(OC)c(/C=C/C(=O)NCC(c2ccco2)N2CCCCC2)c1. The fraction of sp³-hybridized carbons (Fsp3) is 0.409. The molecule has 2 heterocycles. The lowest BCUT2D eigenvalue weighted by Gasteiger charge is -2.33. The van der Waals surface area contributed by atoms with Crippen molar-refractivity contribution in [3.8, 4) is 11.5 Å². The lowest BCUT2D eigenvalue weighted by molar-refractivity contribution is -0.116. The van der Waals surface area contributed by atoms with Crippen LogP contribution < -0.4 is 14.8 Å². The van der Waals surface area contributed by atoms with Crippen LogP contribution in [0, 0.1) is 0 Å². The highest BCUT2D eigenvalue weighted by Crippen LogP contribution is 2.26. The molecule has 0 radical (unpaired) electrons. The number of piperidine rings is 1. The van der Waals surface area contributed by atoms with Gasteiger partial charge < -0.3 is 19.2 Å². The van der Waals surface area contributed by atoms with Crippen molar-refractivity contribution < 1.29 is 18.7 Å². The molecule has 1 aromatic heterocycles. The van der Waals surface area contributed by atoms with Gasteiger partial charge in [-0.25, -0.2) is 0 Å². The van der Waals surface area contributed by atoms with Crippen LogP contribution in [0.15, 0.2) is 47.1 Å². The Labute approximate surface area is 166 Å².